The van der Waals surface area contributed by atoms with Gasteiger partial charge in [-0.2, -0.15) is 0 Å². The van der Waals surface area contributed by atoms with Crippen molar-refractivity contribution in [1.82, 2.24) is 4.90 Å². The average Bonchev–Trinajstić information content (AvgIpc) is 2.03. The van der Waals surface area contributed by atoms with E-state index >= 15 is 0 Å². The number of hydrogen-bond acceptors (Lipinski definition) is 2. The minimum absolute atomic E-state index is 0.185. The second kappa shape index (κ2) is 6.62. The lowest BCUT2D eigenvalue weighted by atomic mass is 10.1. The van der Waals surface area contributed by atoms with Gasteiger partial charge in [0, 0.05) is 6.04 Å². The summed E-state index contributed by atoms with van der Waals surface area (Å²) in [5, 5.41) is 8.88. The number of aliphatic hydroxyl groups is 1. The maximum Gasteiger partial charge on any atom is 0.0956 e. The number of nitrogens with zero attached hydrogens (tertiary/aromatic N) is 1. The highest BCUT2D eigenvalue weighted by Crippen LogP contribution is 2.10. The summed E-state index contributed by atoms with van der Waals surface area (Å²) in [6.45, 7) is 4.56. The van der Waals surface area contributed by atoms with Crippen LogP contribution in [0.15, 0.2) is 0 Å². The molecule has 0 unspecified atom stereocenters. The molecule has 0 fully saturated rings. The first-order valence-corrected chi connectivity index (χ1v) is 4.57. The quantitative estimate of drug-likeness (QED) is 0.598. The minimum Gasteiger partial charge on any atom is -0.381 e. The monoisotopic (exact) mass is 159 g/mol. The van der Waals surface area contributed by atoms with Crippen molar-refractivity contribution in [3.05, 3.63) is 0 Å². The van der Waals surface area contributed by atoms with Crippen molar-refractivity contribution < 1.29 is 5.11 Å². The van der Waals surface area contributed by atoms with Crippen LogP contribution in [-0.2, 0) is 0 Å². The molecule has 0 radical (unpaired) electrons. The van der Waals surface area contributed by atoms with Crippen molar-refractivity contribution in [2.75, 3.05) is 13.8 Å². The molecule has 0 heterocycles. The lowest BCUT2D eigenvalue weighted by molar-refractivity contribution is 0.0845. The Hall–Kier alpha value is -0.0800. The number of rotatable bonds is 6. The van der Waals surface area contributed by atoms with Gasteiger partial charge < -0.3 is 5.11 Å². The van der Waals surface area contributed by atoms with Crippen LogP contribution in [0.25, 0.3) is 0 Å². The largest absolute Gasteiger partial charge is 0.381 e. The van der Waals surface area contributed by atoms with E-state index in [-0.39, 0.29) is 6.73 Å². The first-order chi connectivity index (χ1) is 5.26. The van der Waals surface area contributed by atoms with E-state index in [0.717, 1.165) is 0 Å². The molecule has 0 spiro atoms. The molecular formula is C9H21NO. The molecule has 1 N–H and O–H groups in total. The summed E-state index contributed by atoms with van der Waals surface area (Å²) < 4.78 is 0. The third kappa shape index (κ3) is 4.38. The maximum absolute atomic E-state index is 8.88. The van der Waals surface area contributed by atoms with E-state index in [1.165, 1.54) is 25.7 Å². The van der Waals surface area contributed by atoms with Crippen molar-refractivity contribution >= 4 is 0 Å². The SMILES string of the molecule is CCCC(CCC)N(C)CO. The molecule has 2 heteroatoms. The Morgan fingerprint density at radius 3 is 1.91 bits per heavy atom. The first-order valence-electron chi connectivity index (χ1n) is 4.57. The molecule has 0 bridgehead atoms. The van der Waals surface area contributed by atoms with Gasteiger partial charge in [0.15, 0.2) is 0 Å². The Morgan fingerprint density at radius 2 is 1.64 bits per heavy atom. The van der Waals surface area contributed by atoms with E-state index < -0.39 is 0 Å². The van der Waals surface area contributed by atoms with Gasteiger partial charge in [0.05, 0.1) is 6.73 Å². The van der Waals surface area contributed by atoms with Crippen LogP contribution in [0.3, 0.4) is 0 Å². The van der Waals surface area contributed by atoms with Crippen LogP contribution in [-0.4, -0.2) is 29.8 Å². The van der Waals surface area contributed by atoms with Crippen molar-refractivity contribution in [3.63, 3.8) is 0 Å². The second-order valence-corrected chi connectivity index (χ2v) is 3.13. The summed E-state index contributed by atoms with van der Waals surface area (Å²) in [7, 11) is 1.98. The molecule has 0 aliphatic rings. The summed E-state index contributed by atoms with van der Waals surface area (Å²) in [6, 6.07) is 0.579. The summed E-state index contributed by atoms with van der Waals surface area (Å²) in [5.74, 6) is 0. The van der Waals surface area contributed by atoms with Gasteiger partial charge in [-0.05, 0) is 19.9 Å². The van der Waals surface area contributed by atoms with Gasteiger partial charge >= 0.3 is 0 Å². The van der Waals surface area contributed by atoms with Crippen LogP contribution >= 0.6 is 0 Å². The van der Waals surface area contributed by atoms with Gasteiger partial charge in [-0.1, -0.05) is 26.7 Å². The Balaban J connectivity index is 3.66. The molecule has 11 heavy (non-hydrogen) atoms. The fourth-order valence-electron chi connectivity index (χ4n) is 1.37. The van der Waals surface area contributed by atoms with Crippen LogP contribution in [0, 0.1) is 0 Å². The predicted octanol–water partition coefficient (Wildman–Crippen LogP) is 1.84. The molecule has 0 aromatic rings. The number of hydrogen-bond donors (Lipinski definition) is 1. The highest BCUT2D eigenvalue weighted by atomic mass is 16.3. The van der Waals surface area contributed by atoms with E-state index in [1.54, 1.807) is 0 Å². The van der Waals surface area contributed by atoms with Crippen LogP contribution in [0.4, 0.5) is 0 Å². The molecule has 0 saturated heterocycles. The summed E-state index contributed by atoms with van der Waals surface area (Å²) in [6.07, 6.45) is 4.81. The first kappa shape index (κ1) is 10.9. The topological polar surface area (TPSA) is 23.5 Å². The van der Waals surface area contributed by atoms with E-state index in [9.17, 15) is 0 Å². The lowest BCUT2D eigenvalue weighted by Crippen LogP contribution is -2.32. The van der Waals surface area contributed by atoms with E-state index in [2.05, 4.69) is 13.8 Å². The van der Waals surface area contributed by atoms with Crippen molar-refractivity contribution in [3.8, 4) is 0 Å². The molecule has 0 amide bonds. The number of aliphatic hydroxyl groups excluding tert-OH is 1. The normalized spacial score (nSPS) is 11.5. The standard InChI is InChI=1S/C9H21NO/c1-4-6-9(7-5-2)10(3)8-11/h9,11H,4-8H2,1-3H3. The van der Waals surface area contributed by atoms with Crippen molar-refractivity contribution in [2.24, 2.45) is 0 Å². The Bertz CT molecular complexity index is 79.6. The van der Waals surface area contributed by atoms with E-state index in [1.807, 2.05) is 11.9 Å². The summed E-state index contributed by atoms with van der Waals surface area (Å²) in [5.41, 5.74) is 0. The van der Waals surface area contributed by atoms with Gasteiger partial charge in [0.25, 0.3) is 0 Å². The zero-order valence-corrected chi connectivity index (χ0v) is 8.01. The highest BCUT2D eigenvalue weighted by molar-refractivity contribution is 4.64. The van der Waals surface area contributed by atoms with Crippen LogP contribution in [0.2, 0.25) is 0 Å². The van der Waals surface area contributed by atoms with Gasteiger partial charge in [-0.25, -0.2) is 0 Å². The van der Waals surface area contributed by atoms with Crippen molar-refractivity contribution in [1.29, 1.82) is 0 Å². The smallest absolute Gasteiger partial charge is 0.0956 e. The molecule has 68 valence electrons. The molecule has 0 aliphatic carbocycles. The van der Waals surface area contributed by atoms with Gasteiger partial charge in [-0.3, -0.25) is 4.90 Å². The summed E-state index contributed by atoms with van der Waals surface area (Å²) >= 11 is 0. The van der Waals surface area contributed by atoms with Crippen molar-refractivity contribution in [2.45, 2.75) is 45.6 Å². The van der Waals surface area contributed by atoms with E-state index in [4.69, 9.17) is 5.11 Å². The van der Waals surface area contributed by atoms with Crippen LogP contribution in [0.5, 0.6) is 0 Å². The molecule has 0 rings (SSSR count). The minimum atomic E-state index is 0.185. The fraction of sp³-hybridized carbons (Fsp3) is 1.00. The average molecular weight is 159 g/mol. The van der Waals surface area contributed by atoms with Gasteiger partial charge in [0.2, 0.25) is 0 Å². The van der Waals surface area contributed by atoms with Crippen LogP contribution < -0.4 is 0 Å². The van der Waals surface area contributed by atoms with E-state index in [0.29, 0.717) is 6.04 Å². The lowest BCUT2D eigenvalue weighted by Gasteiger charge is -2.25. The molecule has 0 aromatic carbocycles. The van der Waals surface area contributed by atoms with Crippen LogP contribution in [0.1, 0.15) is 39.5 Å². The predicted molar refractivity (Wildman–Crippen MR) is 48.5 cm³/mol. The second-order valence-electron chi connectivity index (χ2n) is 3.13. The Labute approximate surface area is 70.2 Å². The Morgan fingerprint density at radius 1 is 1.18 bits per heavy atom. The molecule has 0 aliphatic heterocycles. The maximum atomic E-state index is 8.88. The van der Waals surface area contributed by atoms with Gasteiger partial charge in [0.1, 0.15) is 0 Å². The highest BCUT2D eigenvalue weighted by Gasteiger charge is 2.10. The third-order valence-corrected chi connectivity index (χ3v) is 2.09. The molecular weight excluding hydrogens is 138 g/mol. The van der Waals surface area contributed by atoms with Gasteiger partial charge in [-0.15, -0.1) is 0 Å². The fourth-order valence-corrected chi connectivity index (χ4v) is 1.37. The zero-order chi connectivity index (χ0) is 8.69. The molecule has 0 aromatic heterocycles. The Kier molecular flexibility index (Phi) is 6.57. The molecule has 0 saturated carbocycles. The summed E-state index contributed by atoms with van der Waals surface area (Å²) in [4.78, 5) is 2.02. The molecule has 2 nitrogen and oxygen atoms in total. The zero-order valence-electron chi connectivity index (χ0n) is 8.01. The molecule has 0 atom stereocenters. The third-order valence-electron chi connectivity index (χ3n) is 2.09.